The van der Waals surface area contributed by atoms with Gasteiger partial charge in [0.25, 0.3) is 0 Å². The molecule has 5 nitrogen and oxygen atoms in total. The molecular formula is C13H19N3O2S. The van der Waals surface area contributed by atoms with Gasteiger partial charge in [-0.3, -0.25) is 0 Å². The molecule has 1 aromatic heterocycles. The summed E-state index contributed by atoms with van der Waals surface area (Å²) in [5, 5.41) is 0. The number of anilines is 1. The van der Waals surface area contributed by atoms with Crippen LogP contribution in [0, 0.1) is 0 Å². The standard InChI is InChI=1S/C13H19N3O2S/c1-2-7-17-10-4-3-5-15-13(10)16-6-8-18-11(9-16)12(14)19/h3-5,11H,2,6-9H2,1H3,(H2,14,19). The van der Waals surface area contributed by atoms with E-state index in [4.69, 9.17) is 27.4 Å². The lowest BCUT2D eigenvalue weighted by Gasteiger charge is -2.33. The summed E-state index contributed by atoms with van der Waals surface area (Å²) in [6.07, 6.45) is 2.51. The van der Waals surface area contributed by atoms with E-state index in [0.29, 0.717) is 24.7 Å². The van der Waals surface area contributed by atoms with Crippen molar-refractivity contribution in [3.05, 3.63) is 18.3 Å². The first-order valence-electron chi connectivity index (χ1n) is 6.46. The molecule has 2 heterocycles. The number of nitrogens with two attached hydrogens (primary N) is 1. The first kappa shape index (κ1) is 14.0. The van der Waals surface area contributed by atoms with Gasteiger partial charge in [-0.25, -0.2) is 4.98 Å². The number of rotatable bonds is 5. The number of hydrogen-bond acceptors (Lipinski definition) is 5. The van der Waals surface area contributed by atoms with Gasteiger partial charge in [0, 0.05) is 12.7 Å². The predicted molar refractivity (Wildman–Crippen MR) is 78.8 cm³/mol. The van der Waals surface area contributed by atoms with E-state index in [-0.39, 0.29) is 6.10 Å². The average molecular weight is 281 g/mol. The SMILES string of the molecule is CCCOc1cccnc1N1CCOC(C(N)=S)C1. The molecule has 6 heteroatoms. The fourth-order valence-corrected chi connectivity index (χ4v) is 2.10. The minimum absolute atomic E-state index is 0.218. The number of ether oxygens (including phenoxy) is 2. The largest absolute Gasteiger partial charge is 0.490 e. The van der Waals surface area contributed by atoms with Crippen molar-refractivity contribution in [1.82, 2.24) is 4.98 Å². The molecular weight excluding hydrogens is 262 g/mol. The van der Waals surface area contributed by atoms with Gasteiger partial charge in [-0.05, 0) is 18.6 Å². The summed E-state index contributed by atoms with van der Waals surface area (Å²) in [6.45, 7) is 4.73. The molecule has 1 saturated heterocycles. The molecule has 1 aromatic rings. The van der Waals surface area contributed by atoms with Gasteiger partial charge in [-0.2, -0.15) is 0 Å². The van der Waals surface area contributed by atoms with Crippen LogP contribution in [0.5, 0.6) is 5.75 Å². The number of thiocarbonyl (C=S) groups is 1. The summed E-state index contributed by atoms with van der Waals surface area (Å²) in [6, 6.07) is 3.81. The van der Waals surface area contributed by atoms with E-state index in [0.717, 1.165) is 24.5 Å². The summed E-state index contributed by atoms with van der Waals surface area (Å²) in [5.74, 6) is 1.63. The highest BCUT2D eigenvalue weighted by Gasteiger charge is 2.25. The molecule has 0 amide bonds. The van der Waals surface area contributed by atoms with Gasteiger partial charge in [0.15, 0.2) is 11.6 Å². The molecule has 0 bridgehead atoms. The Bertz CT molecular complexity index is 442. The van der Waals surface area contributed by atoms with E-state index in [2.05, 4.69) is 16.8 Å². The van der Waals surface area contributed by atoms with E-state index in [1.165, 1.54) is 0 Å². The van der Waals surface area contributed by atoms with Crippen molar-refractivity contribution in [1.29, 1.82) is 0 Å². The normalized spacial score (nSPS) is 19.2. The van der Waals surface area contributed by atoms with E-state index in [9.17, 15) is 0 Å². The third-order valence-corrected chi connectivity index (χ3v) is 3.16. The van der Waals surface area contributed by atoms with Crippen LogP contribution in [0.4, 0.5) is 5.82 Å². The first-order chi connectivity index (χ1) is 9.22. The Balaban J connectivity index is 2.14. The molecule has 0 aromatic carbocycles. The van der Waals surface area contributed by atoms with Crippen LogP contribution in [0.1, 0.15) is 13.3 Å². The van der Waals surface area contributed by atoms with E-state index >= 15 is 0 Å². The Morgan fingerprint density at radius 2 is 2.53 bits per heavy atom. The van der Waals surface area contributed by atoms with E-state index < -0.39 is 0 Å². The lowest BCUT2D eigenvalue weighted by molar-refractivity contribution is 0.0841. The molecule has 1 atom stereocenters. The minimum atomic E-state index is -0.218. The molecule has 1 aliphatic rings. The van der Waals surface area contributed by atoms with Crippen molar-refractivity contribution >= 4 is 23.0 Å². The summed E-state index contributed by atoms with van der Waals surface area (Å²) in [7, 11) is 0. The highest BCUT2D eigenvalue weighted by Crippen LogP contribution is 2.26. The predicted octanol–water partition coefficient (Wildman–Crippen LogP) is 1.36. The Labute approximate surface area is 118 Å². The molecule has 1 aliphatic heterocycles. The van der Waals surface area contributed by atoms with Gasteiger partial charge in [-0.15, -0.1) is 0 Å². The molecule has 0 saturated carbocycles. The maximum absolute atomic E-state index is 5.73. The van der Waals surface area contributed by atoms with E-state index in [1.807, 2.05) is 12.1 Å². The van der Waals surface area contributed by atoms with Gasteiger partial charge < -0.3 is 20.1 Å². The third kappa shape index (κ3) is 3.54. The average Bonchev–Trinajstić information content (AvgIpc) is 2.45. The zero-order valence-corrected chi connectivity index (χ0v) is 11.9. The smallest absolute Gasteiger partial charge is 0.171 e. The third-order valence-electron chi connectivity index (χ3n) is 2.90. The lowest BCUT2D eigenvalue weighted by Crippen LogP contribution is -2.48. The van der Waals surface area contributed by atoms with Crippen molar-refractivity contribution in [2.75, 3.05) is 31.2 Å². The van der Waals surface area contributed by atoms with Gasteiger partial charge in [0.1, 0.15) is 11.1 Å². The summed E-state index contributed by atoms with van der Waals surface area (Å²) in [4.78, 5) is 6.91. The maximum Gasteiger partial charge on any atom is 0.171 e. The maximum atomic E-state index is 5.73. The molecule has 19 heavy (non-hydrogen) atoms. The molecule has 1 fully saturated rings. The molecule has 2 rings (SSSR count). The van der Waals surface area contributed by atoms with Crippen molar-refractivity contribution in [2.45, 2.75) is 19.4 Å². The van der Waals surface area contributed by atoms with Gasteiger partial charge in [0.05, 0.1) is 19.8 Å². The number of morpholine rings is 1. The number of pyridine rings is 1. The molecule has 0 radical (unpaired) electrons. The summed E-state index contributed by atoms with van der Waals surface area (Å²) < 4.78 is 11.3. The summed E-state index contributed by atoms with van der Waals surface area (Å²) in [5.41, 5.74) is 5.65. The Kier molecular flexibility index (Phi) is 4.93. The fraction of sp³-hybridized carbons (Fsp3) is 0.538. The van der Waals surface area contributed by atoms with Gasteiger partial charge >= 0.3 is 0 Å². The molecule has 0 aliphatic carbocycles. The quantitative estimate of drug-likeness (QED) is 0.822. The van der Waals surface area contributed by atoms with Crippen LogP contribution in [0.3, 0.4) is 0 Å². The molecule has 1 unspecified atom stereocenters. The highest BCUT2D eigenvalue weighted by atomic mass is 32.1. The van der Waals surface area contributed by atoms with Crippen molar-refractivity contribution in [3.63, 3.8) is 0 Å². The molecule has 104 valence electrons. The number of nitrogens with zero attached hydrogens (tertiary/aromatic N) is 2. The van der Waals surface area contributed by atoms with Crippen LogP contribution in [0.25, 0.3) is 0 Å². The second-order valence-electron chi connectivity index (χ2n) is 4.38. The Morgan fingerprint density at radius 1 is 1.68 bits per heavy atom. The van der Waals surface area contributed by atoms with Crippen LogP contribution in [-0.2, 0) is 4.74 Å². The van der Waals surface area contributed by atoms with Crippen LogP contribution >= 0.6 is 12.2 Å². The van der Waals surface area contributed by atoms with Gasteiger partial charge in [0.2, 0.25) is 0 Å². The highest BCUT2D eigenvalue weighted by molar-refractivity contribution is 7.80. The van der Waals surface area contributed by atoms with Crippen molar-refractivity contribution < 1.29 is 9.47 Å². The second kappa shape index (κ2) is 6.68. The van der Waals surface area contributed by atoms with Gasteiger partial charge in [-0.1, -0.05) is 19.1 Å². The van der Waals surface area contributed by atoms with E-state index in [1.54, 1.807) is 6.20 Å². The molecule has 0 spiro atoms. The topological polar surface area (TPSA) is 60.6 Å². The van der Waals surface area contributed by atoms with Crippen LogP contribution < -0.4 is 15.4 Å². The Morgan fingerprint density at radius 3 is 3.26 bits per heavy atom. The lowest BCUT2D eigenvalue weighted by atomic mass is 10.2. The number of aromatic nitrogens is 1. The zero-order chi connectivity index (χ0) is 13.7. The monoisotopic (exact) mass is 281 g/mol. The van der Waals surface area contributed by atoms with Crippen LogP contribution in [-0.4, -0.2) is 42.4 Å². The van der Waals surface area contributed by atoms with Crippen molar-refractivity contribution in [2.24, 2.45) is 5.73 Å². The first-order valence-corrected chi connectivity index (χ1v) is 6.87. The zero-order valence-electron chi connectivity index (χ0n) is 11.0. The van der Waals surface area contributed by atoms with Crippen LogP contribution in [0.2, 0.25) is 0 Å². The number of hydrogen-bond donors (Lipinski definition) is 1. The Hall–Kier alpha value is -1.40. The fourth-order valence-electron chi connectivity index (χ4n) is 1.96. The van der Waals surface area contributed by atoms with Crippen LogP contribution in [0.15, 0.2) is 18.3 Å². The summed E-state index contributed by atoms with van der Waals surface area (Å²) >= 11 is 5.00. The second-order valence-corrected chi connectivity index (χ2v) is 4.85. The molecule has 2 N–H and O–H groups in total. The minimum Gasteiger partial charge on any atom is -0.490 e. The van der Waals surface area contributed by atoms with Crippen molar-refractivity contribution in [3.8, 4) is 5.75 Å².